The van der Waals surface area contributed by atoms with Crippen molar-refractivity contribution in [3.63, 3.8) is 0 Å². The van der Waals surface area contributed by atoms with Crippen molar-refractivity contribution >= 4 is 11.6 Å². The van der Waals surface area contributed by atoms with Crippen molar-refractivity contribution in [2.75, 3.05) is 20.2 Å². The number of likely N-dealkylation sites (tertiary alicyclic amines) is 1. The van der Waals surface area contributed by atoms with Gasteiger partial charge in [0.25, 0.3) is 0 Å². The van der Waals surface area contributed by atoms with Crippen LogP contribution in [0.5, 0.6) is 11.5 Å². The number of fused-ring (bicyclic) bond motifs is 4. The molecule has 1 aromatic carbocycles. The molecular weight excluding hydrogens is 358 g/mol. The van der Waals surface area contributed by atoms with Gasteiger partial charge in [-0.15, -0.1) is 0 Å². The number of amides is 1. The van der Waals surface area contributed by atoms with Crippen molar-refractivity contribution in [3.8, 4) is 11.5 Å². The van der Waals surface area contributed by atoms with Gasteiger partial charge in [0, 0.05) is 44.8 Å². The number of hydrogen-bond acceptors (Lipinski definition) is 6. The van der Waals surface area contributed by atoms with Crippen LogP contribution in [0.4, 0.5) is 0 Å². The lowest BCUT2D eigenvalue weighted by atomic mass is 9.91. The van der Waals surface area contributed by atoms with Gasteiger partial charge in [-0.25, -0.2) is 5.01 Å². The molecule has 7 nitrogen and oxygen atoms in total. The van der Waals surface area contributed by atoms with Crippen molar-refractivity contribution in [3.05, 3.63) is 47.9 Å². The fourth-order valence-electron chi connectivity index (χ4n) is 4.52. The predicted octanol–water partition coefficient (Wildman–Crippen LogP) is 3.17. The summed E-state index contributed by atoms with van der Waals surface area (Å²) < 4.78 is 17.8. The highest BCUT2D eigenvalue weighted by Gasteiger charge is 2.53. The first kappa shape index (κ1) is 17.2. The third-order valence-corrected chi connectivity index (χ3v) is 6.00. The van der Waals surface area contributed by atoms with Crippen LogP contribution in [0.1, 0.15) is 43.6 Å². The Kier molecular flexibility index (Phi) is 3.86. The van der Waals surface area contributed by atoms with Crippen molar-refractivity contribution in [2.45, 2.75) is 38.0 Å². The van der Waals surface area contributed by atoms with Crippen molar-refractivity contribution in [1.82, 2.24) is 9.91 Å². The van der Waals surface area contributed by atoms with Gasteiger partial charge in [-0.2, -0.15) is 5.10 Å². The number of hydrogen-bond donors (Lipinski definition) is 0. The molecule has 1 amide bonds. The van der Waals surface area contributed by atoms with E-state index in [-0.39, 0.29) is 11.9 Å². The molecule has 0 saturated carbocycles. The molecular formula is C21H23N3O4. The van der Waals surface area contributed by atoms with Gasteiger partial charge in [0.05, 0.1) is 19.4 Å². The van der Waals surface area contributed by atoms with E-state index in [0.717, 1.165) is 35.0 Å². The Bertz CT molecular complexity index is 929. The first-order valence-electron chi connectivity index (χ1n) is 9.63. The zero-order chi connectivity index (χ0) is 19.3. The second kappa shape index (κ2) is 6.29. The third kappa shape index (κ3) is 2.49. The molecule has 146 valence electrons. The van der Waals surface area contributed by atoms with Gasteiger partial charge in [0.1, 0.15) is 11.5 Å². The van der Waals surface area contributed by atoms with E-state index in [9.17, 15) is 4.79 Å². The Morgan fingerprint density at radius 1 is 1.25 bits per heavy atom. The van der Waals surface area contributed by atoms with Crippen LogP contribution in [-0.2, 0) is 4.79 Å². The smallest absolute Gasteiger partial charge is 0.219 e. The molecule has 4 heterocycles. The Morgan fingerprint density at radius 2 is 2.07 bits per heavy atom. The number of rotatable bonds is 2. The highest BCUT2D eigenvalue weighted by Crippen LogP contribution is 2.52. The number of ether oxygens (including phenoxy) is 2. The summed E-state index contributed by atoms with van der Waals surface area (Å²) in [5.74, 6) is 2.41. The minimum absolute atomic E-state index is 0.0582. The number of para-hydroxylation sites is 1. The van der Waals surface area contributed by atoms with E-state index in [1.807, 2.05) is 29.2 Å². The maximum atomic E-state index is 11.8. The van der Waals surface area contributed by atoms with Crippen molar-refractivity contribution < 1.29 is 18.7 Å². The first-order chi connectivity index (χ1) is 13.6. The number of carbonyl (C=O) groups excluding carboxylic acids is 1. The summed E-state index contributed by atoms with van der Waals surface area (Å²) in [7, 11) is 1.66. The van der Waals surface area contributed by atoms with Crippen LogP contribution >= 0.6 is 0 Å². The highest BCUT2D eigenvalue weighted by atomic mass is 16.5. The molecule has 0 aliphatic carbocycles. The van der Waals surface area contributed by atoms with Crippen molar-refractivity contribution in [1.29, 1.82) is 0 Å². The van der Waals surface area contributed by atoms with Crippen LogP contribution in [0.15, 0.2) is 46.1 Å². The molecule has 0 bridgehead atoms. The molecule has 1 fully saturated rings. The molecule has 1 unspecified atom stereocenters. The summed E-state index contributed by atoms with van der Waals surface area (Å²) in [6, 6.07) is 9.87. The molecule has 3 aliphatic heterocycles. The monoisotopic (exact) mass is 381 g/mol. The van der Waals surface area contributed by atoms with Gasteiger partial charge in [-0.3, -0.25) is 4.79 Å². The van der Waals surface area contributed by atoms with Crippen LogP contribution in [0.25, 0.3) is 0 Å². The van der Waals surface area contributed by atoms with Gasteiger partial charge >= 0.3 is 0 Å². The summed E-state index contributed by atoms with van der Waals surface area (Å²) in [6.45, 7) is 2.91. The SMILES string of the molecule is COc1cccc2c1OC1(CCN(C(C)=O)CC1)N1N=C(c3ccco3)CC21. The second-order valence-electron chi connectivity index (χ2n) is 7.52. The van der Waals surface area contributed by atoms with E-state index >= 15 is 0 Å². The maximum absolute atomic E-state index is 11.8. The minimum atomic E-state index is -0.591. The molecule has 0 N–H and O–H groups in total. The Labute approximate surface area is 163 Å². The molecule has 1 spiro atoms. The van der Waals surface area contributed by atoms with Crippen LogP contribution in [0, 0.1) is 0 Å². The molecule has 1 aromatic heterocycles. The molecule has 3 aliphatic rings. The van der Waals surface area contributed by atoms with E-state index < -0.39 is 5.72 Å². The quantitative estimate of drug-likeness (QED) is 0.799. The summed E-state index contributed by atoms with van der Waals surface area (Å²) in [4.78, 5) is 13.7. The topological polar surface area (TPSA) is 67.5 Å². The first-order valence-corrected chi connectivity index (χ1v) is 9.63. The molecule has 0 radical (unpaired) electrons. The number of nitrogens with zero attached hydrogens (tertiary/aromatic N) is 3. The van der Waals surface area contributed by atoms with Crippen LogP contribution < -0.4 is 9.47 Å². The molecule has 28 heavy (non-hydrogen) atoms. The van der Waals surface area contributed by atoms with E-state index in [4.69, 9.17) is 19.0 Å². The average molecular weight is 381 g/mol. The second-order valence-corrected chi connectivity index (χ2v) is 7.52. The van der Waals surface area contributed by atoms with Crippen LogP contribution in [0.3, 0.4) is 0 Å². The average Bonchev–Trinajstić information content (AvgIpc) is 3.38. The lowest BCUT2D eigenvalue weighted by Gasteiger charge is -2.51. The van der Waals surface area contributed by atoms with Crippen LogP contribution in [-0.4, -0.2) is 47.5 Å². The fourth-order valence-corrected chi connectivity index (χ4v) is 4.52. The number of furan rings is 1. The van der Waals surface area contributed by atoms with Gasteiger partial charge in [0.2, 0.25) is 11.6 Å². The normalized spacial score (nSPS) is 22.4. The number of carbonyl (C=O) groups is 1. The fraction of sp³-hybridized carbons (Fsp3) is 0.429. The Balaban J connectivity index is 1.58. The predicted molar refractivity (Wildman–Crippen MR) is 102 cm³/mol. The third-order valence-electron chi connectivity index (χ3n) is 6.00. The largest absolute Gasteiger partial charge is 0.493 e. The zero-order valence-corrected chi connectivity index (χ0v) is 16.1. The molecule has 1 saturated heterocycles. The Morgan fingerprint density at radius 3 is 2.75 bits per heavy atom. The van der Waals surface area contributed by atoms with Crippen LogP contribution in [0.2, 0.25) is 0 Å². The minimum Gasteiger partial charge on any atom is -0.493 e. The zero-order valence-electron chi connectivity index (χ0n) is 16.1. The van der Waals surface area contributed by atoms with E-state index in [0.29, 0.717) is 25.9 Å². The molecule has 7 heteroatoms. The van der Waals surface area contributed by atoms with E-state index in [1.165, 1.54) is 0 Å². The lowest BCUT2D eigenvalue weighted by molar-refractivity contribution is -0.159. The maximum Gasteiger partial charge on any atom is 0.219 e. The number of piperidine rings is 1. The summed E-state index contributed by atoms with van der Waals surface area (Å²) in [5.41, 5.74) is 1.40. The number of hydrazone groups is 1. The molecule has 5 rings (SSSR count). The van der Waals surface area contributed by atoms with E-state index in [1.54, 1.807) is 20.3 Å². The highest BCUT2D eigenvalue weighted by molar-refractivity contribution is 5.99. The number of methoxy groups -OCH3 is 1. The molecule has 1 atom stereocenters. The van der Waals surface area contributed by atoms with Gasteiger partial charge in [0.15, 0.2) is 11.5 Å². The lowest BCUT2D eigenvalue weighted by Crippen LogP contribution is -2.59. The number of benzene rings is 1. The standard InChI is InChI=1S/C21H23N3O4/c1-14(25)23-10-8-21(9-11-23)24-17(13-16(22-24)18-7-4-12-27-18)15-5-3-6-19(26-2)20(15)28-21/h3-7,12,17H,8-11,13H2,1-2H3. The van der Waals surface area contributed by atoms with Gasteiger partial charge < -0.3 is 18.8 Å². The summed E-state index contributed by atoms with van der Waals surface area (Å²) >= 11 is 0. The van der Waals surface area contributed by atoms with Crippen molar-refractivity contribution in [2.24, 2.45) is 5.10 Å². The summed E-state index contributed by atoms with van der Waals surface area (Å²) in [6.07, 6.45) is 3.80. The molecule has 2 aromatic rings. The van der Waals surface area contributed by atoms with Gasteiger partial charge in [-0.05, 0) is 18.2 Å². The Hall–Kier alpha value is -2.96. The summed E-state index contributed by atoms with van der Waals surface area (Å²) in [5, 5.41) is 7.04. The van der Waals surface area contributed by atoms with E-state index in [2.05, 4.69) is 11.1 Å². The van der Waals surface area contributed by atoms with Gasteiger partial charge in [-0.1, -0.05) is 12.1 Å².